The number of methoxy groups -OCH3 is 1. The average molecular weight is 318 g/mol. The lowest BCUT2D eigenvalue weighted by molar-refractivity contribution is -0.153. The zero-order valence-electron chi connectivity index (χ0n) is 14.3. The molecular formula is C17H25F3O2. The molecule has 2 nitrogen and oxygen atoms in total. The fourth-order valence-corrected chi connectivity index (χ4v) is 2.18. The zero-order chi connectivity index (χ0) is 17.3. The van der Waals surface area contributed by atoms with E-state index in [0.29, 0.717) is 11.3 Å². The van der Waals surface area contributed by atoms with Crippen molar-refractivity contribution in [3.63, 3.8) is 0 Å². The number of hydrogen-bond donors (Lipinski definition) is 0. The molecule has 126 valence electrons. The minimum atomic E-state index is -4.36. The van der Waals surface area contributed by atoms with Gasteiger partial charge in [-0.1, -0.05) is 41.5 Å². The lowest BCUT2D eigenvalue weighted by Gasteiger charge is -2.28. The fraction of sp³-hybridized carbons (Fsp3) is 0.647. The lowest BCUT2D eigenvalue weighted by Crippen LogP contribution is -2.23. The maximum Gasteiger partial charge on any atom is 0.422 e. The van der Waals surface area contributed by atoms with Crippen LogP contribution in [-0.2, 0) is 10.8 Å². The van der Waals surface area contributed by atoms with E-state index < -0.39 is 12.8 Å². The summed E-state index contributed by atoms with van der Waals surface area (Å²) in [5.74, 6) is 0.923. The van der Waals surface area contributed by atoms with Crippen molar-refractivity contribution in [3.8, 4) is 11.5 Å². The summed E-state index contributed by atoms with van der Waals surface area (Å²) >= 11 is 0. The van der Waals surface area contributed by atoms with Gasteiger partial charge in [-0.2, -0.15) is 13.2 Å². The van der Waals surface area contributed by atoms with Gasteiger partial charge < -0.3 is 9.47 Å². The van der Waals surface area contributed by atoms with Crippen molar-refractivity contribution < 1.29 is 22.6 Å². The highest BCUT2D eigenvalue weighted by atomic mass is 19.4. The van der Waals surface area contributed by atoms with Crippen LogP contribution in [0, 0.1) is 0 Å². The van der Waals surface area contributed by atoms with Crippen LogP contribution < -0.4 is 9.47 Å². The molecular weight excluding hydrogens is 293 g/mol. The largest absolute Gasteiger partial charge is 0.496 e. The summed E-state index contributed by atoms with van der Waals surface area (Å²) in [5.41, 5.74) is 0.893. The minimum Gasteiger partial charge on any atom is -0.496 e. The first kappa shape index (κ1) is 18.7. The van der Waals surface area contributed by atoms with Crippen LogP contribution in [0.15, 0.2) is 12.1 Å². The molecule has 0 spiro atoms. The van der Waals surface area contributed by atoms with Gasteiger partial charge in [0.25, 0.3) is 0 Å². The first-order chi connectivity index (χ1) is 9.75. The van der Waals surface area contributed by atoms with Gasteiger partial charge in [0, 0.05) is 11.1 Å². The molecule has 0 radical (unpaired) electrons. The number of benzene rings is 1. The molecule has 1 rings (SSSR count). The highest BCUT2D eigenvalue weighted by molar-refractivity contribution is 5.51. The van der Waals surface area contributed by atoms with E-state index in [-0.39, 0.29) is 16.6 Å². The predicted molar refractivity (Wildman–Crippen MR) is 81.9 cm³/mol. The summed E-state index contributed by atoms with van der Waals surface area (Å²) in [7, 11) is 1.56. The first-order valence-electron chi connectivity index (χ1n) is 7.18. The van der Waals surface area contributed by atoms with Crippen molar-refractivity contribution in [1.29, 1.82) is 0 Å². The van der Waals surface area contributed by atoms with Crippen LogP contribution in [0.4, 0.5) is 13.2 Å². The van der Waals surface area contributed by atoms with Crippen molar-refractivity contribution in [2.45, 2.75) is 58.5 Å². The Balaban J connectivity index is 3.43. The lowest BCUT2D eigenvalue weighted by atomic mass is 9.81. The van der Waals surface area contributed by atoms with E-state index in [1.807, 2.05) is 41.5 Å². The number of halogens is 3. The second-order valence-corrected chi connectivity index (χ2v) is 7.45. The van der Waals surface area contributed by atoms with E-state index >= 15 is 0 Å². The molecule has 0 aliphatic carbocycles. The molecule has 0 unspecified atom stereocenters. The van der Waals surface area contributed by atoms with Gasteiger partial charge in [-0.3, -0.25) is 0 Å². The van der Waals surface area contributed by atoms with Crippen LogP contribution in [0.1, 0.15) is 52.7 Å². The smallest absolute Gasteiger partial charge is 0.422 e. The Morgan fingerprint density at radius 3 is 1.59 bits per heavy atom. The third-order valence-corrected chi connectivity index (χ3v) is 3.31. The van der Waals surface area contributed by atoms with E-state index in [0.717, 1.165) is 5.56 Å². The van der Waals surface area contributed by atoms with Crippen molar-refractivity contribution in [3.05, 3.63) is 23.3 Å². The molecule has 5 heteroatoms. The highest BCUT2D eigenvalue weighted by Crippen LogP contribution is 2.41. The van der Waals surface area contributed by atoms with Gasteiger partial charge in [0.05, 0.1) is 7.11 Å². The third kappa shape index (κ3) is 4.82. The Hall–Kier alpha value is -1.39. The number of alkyl halides is 3. The highest BCUT2D eigenvalue weighted by Gasteiger charge is 2.31. The molecule has 0 aliphatic heterocycles. The van der Waals surface area contributed by atoms with Gasteiger partial charge in [-0.15, -0.1) is 0 Å². The summed E-state index contributed by atoms with van der Waals surface area (Å²) in [4.78, 5) is 0. The van der Waals surface area contributed by atoms with Crippen molar-refractivity contribution >= 4 is 0 Å². The Labute approximate surface area is 130 Å². The molecule has 0 saturated heterocycles. The van der Waals surface area contributed by atoms with E-state index in [9.17, 15) is 13.2 Å². The minimum absolute atomic E-state index is 0.260. The zero-order valence-corrected chi connectivity index (χ0v) is 14.3. The van der Waals surface area contributed by atoms with Gasteiger partial charge in [-0.05, 0) is 23.0 Å². The second kappa shape index (κ2) is 6.01. The number of rotatable bonds is 3. The second-order valence-electron chi connectivity index (χ2n) is 7.45. The Bertz CT molecular complexity index is 520. The Morgan fingerprint density at radius 1 is 0.818 bits per heavy atom. The number of ether oxygens (including phenoxy) is 2. The monoisotopic (exact) mass is 318 g/mol. The topological polar surface area (TPSA) is 18.5 Å². The molecule has 0 amide bonds. The molecule has 0 bridgehead atoms. The molecule has 0 aromatic heterocycles. The average Bonchev–Trinajstić information content (AvgIpc) is 2.32. The summed E-state index contributed by atoms with van der Waals surface area (Å²) in [6.45, 7) is 10.4. The van der Waals surface area contributed by atoms with Gasteiger partial charge in [0.2, 0.25) is 0 Å². The van der Waals surface area contributed by atoms with Crippen LogP contribution in [0.25, 0.3) is 0 Å². The third-order valence-electron chi connectivity index (χ3n) is 3.31. The molecule has 0 atom stereocenters. The fourth-order valence-electron chi connectivity index (χ4n) is 2.18. The normalized spacial score (nSPS) is 13.2. The molecule has 0 heterocycles. The quantitative estimate of drug-likeness (QED) is 0.759. The van der Waals surface area contributed by atoms with E-state index in [2.05, 4.69) is 0 Å². The maximum absolute atomic E-state index is 12.5. The van der Waals surface area contributed by atoms with Crippen LogP contribution in [0.2, 0.25) is 0 Å². The van der Waals surface area contributed by atoms with Gasteiger partial charge in [0.15, 0.2) is 6.61 Å². The van der Waals surface area contributed by atoms with Crippen molar-refractivity contribution in [2.24, 2.45) is 0 Å². The summed E-state index contributed by atoms with van der Waals surface area (Å²) < 4.78 is 48.0. The Kier molecular flexibility index (Phi) is 5.10. The molecule has 0 aliphatic rings. The molecule has 1 aromatic carbocycles. The van der Waals surface area contributed by atoms with Gasteiger partial charge in [0.1, 0.15) is 11.5 Å². The maximum atomic E-state index is 12.5. The van der Waals surface area contributed by atoms with E-state index in [4.69, 9.17) is 9.47 Å². The SMILES string of the molecule is COc1cc(C(C)(C)C)c(OCC(F)(F)F)cc1C(C)(C)C. The molecule has 1 aromatic rings. The number of hydrogen-bond acceptors (Lipinski definition) is 2. The van der Waals surface area contributed by atoms with Crippen molar-refractivity contribution in [1.82, 2.24) is 0 Å². The molecule has 0 saturated carbocycles. The molecule has 0 fully saturated rings. The van der Waals surface area contributed by atoms with E-state index in [1.54, 1.807) is 19.2 Å². The van der Waals surface area contributed by atoms with Crippen LogP contribution >= 0.6 is 0 Å². The van der Waals surface area contributed by atoms with Gasteiger partial charge in [-0.25, -0.2) is 0 Å². The van der Waals surface area contributed by atoms with Crippen molar-refractivity contribution in [2.75, 3.05) is 13.7 Å². The summed E-state index contributed by atoms with van der Waals surface area (Å²) in [5, 5.41) is 0. The summed E-state index contributed by atoms with van der Waals surface area (Å²) in [6, 6.07) is 3.46. The summed E-state index contributed by atoms with van der Waals surface area (Å²) in [6.07, 6.45) is -4.36. The van der Waals surface area contributed by atoms with Crippen LogP contribution in [0.5, 0.6) is 11.5 Å². The Morgan fingerprint density at radius 2 is 1.23 bits per heavy atom. The van der Waals surface area contributed by atoms with E-state index in [1.165, 1.54) is 0 Å². The standard InChI is InChI=1S/C17H25F3O2/c1-15(2,3)11-9-14(22-10-17(18,19)20)12(16(4,5)6)8-13(11)21-7/h8-9H,10H2,1-7H3. The molecule has 22 heavy (non-hydrogen) atoms. The van der Waals surface area contributed by atoms with Crippen LogP contribution in [0.3, 0.4) is 0 Å². The molecule has 0 N–H and O–H groups in total. The van der Waals surface area contributed by atoms with Gasteiger partial charge >= 0.3 is 6.18 Å². The first-order valence-corrected chi connectivity index (χ1v) is 7.18. The van der Waals surface area contributed by atoms with Crippen LogP contribution in [-0.4, -0.2) is 19.9 Å². The predicted octanol–water partition coefficient (Wildman–Crippen LogP) is 5.23.